The third kappa shape index (κ3) is 5.89. The fourth-order valence-corrected chi connectivity index (χ4v) is 5.91. The second-order valence-corrected chi connectivity index (χ2v) is 11.4. The average molecular weight is 567 g/mol. The van der Waals surface area contributed by atoms with E-state index in [0.717, 1.165) is 21.3 Å². The Morgan fingerprint density at radius 2 is 1.72 bits per heavy atom. The van der Waals surface area contributed by atoms with E-state index in [4.69, 9.17) is 11.6 Å². The number of carbonyl (C=O) groups is 1. The summed E-state index contributed by atoms with van der Waals surface area (Å²) >= 11 is 6.28. The molecule has 0 aliphatic carbocycles. The molecule has 0 spiro atoms. The van der Waals surface area contributed by atoms with Crippen LogP contribution in [0.3, 0.4) is 0 Å². The van der Waals surface area contributed by atoms with Crippen molar-refractivity contribution < 1.29 is 17.6 Å². The Hall–Kier alpha value is -3.95. The van der Waals surface area contributed by atoms with Crippen molar-refractivity contribution in [2.75, 3.05) is 10.8 Å². The number of aromatic nitrogens is 1. The molecule has 0 radical (unpaired) electrons. The van der Waals surface area contributed by atoms with Gasteiger partial charge >= 0.3 is 0 Å². The third-order valence-electron chi connectivity index (χ3n) is 6.36. The van der Waals surface area contributed by atoms with E-state index in [-0.39, 0.29) is 16.4 Å². The number of hydrogen-bond donors (Lipinski definition) is 1. The van der Waals surface area contributed by atoms with Gasteiger partial charge in [-0.2, -0.15) is 5.10 Å². The second kappa shape index (κ2) is 11.4. The summed E-state index contributed by atoms with van der Waals surface area (Å²) in [6.07, 6.45) is 1.45. The summed E-state index contributed by atoms with van der Waals surface area (Å²) in [5.41, 5.74) is 6.72. The van der Waals surface area contributed by atoms with Gasteiger partial charge in [-0.3, -0.25) is 9.10 Å². The van der Waals surface area contributed by atoms with Crippen LogP contribution in [0.25, 0.3) is 5.69 Å². The Kier molecular flexibility index (Phi) is 8.22. The number of nitrogens with one attached hydrogen (secondary N) is 1. The van der Waals surface area contributed by atoms with Crippen molar-refractivity contribution in [3.63, 3.8) is 0 Å². The molecule has 0 fully saturated rings. The lowest BCUT2D eigenvalue weighted by atomic mass is 10.2. The first-order valence-corrected chi connectivity index (χ1v) is 13.9. The van der Waals surface area contributed by atoms with Gasteiger partial charge in [-0.05, 0) is 75.7 Å². The largest absolute Gasteiger partial charge is 0.315 e. The Labute approximate surface area is 232 Å². The van der Waals surface area contributed by atoms with Crippen LogP contribution in [0.15, 0.2) is 82.8 Å². The Balaban J connectivity index is 1.59. The summed E-state index contributed by atoms with van der Waals surface area (Å²) in [5, 5.41) is 4.42. The smallest absolute Gasteiger partial charge is 0.264 e. The second-order valence-electron chi connectivity index (χ2n) is 9.12. The molecule has 4 rings (SSSR count). The van der Waals surface area contributed by atoms with Crippen molar-refractivity contribution in [1.82, 2.24) is 9.99 Å². The number of rotatable bonds is 8. The number of para-hydroxylation sites is 1. The minimum absolute atomic E-state index is 0.0457. The fraction of sp³-hybridized carbons (Fsp3) is 0.172. The molecule has 3 aromatic carbocycles. The van der Waals surface area contributed by atoms with Gasteiger partial charge in [-0.1, -0.05) is 47.5 Å². The normalized spacial score (nSPS) is 11.6. The van der Waals surface area contributed by atoms with Gasteiger partial charge in [0.25, 0.3) is 15.9 Å². The van der Waals surface area contributed by atoms with E-state index >= 15 is 0 Å². The van der Waals surface area contributed by atoms with Crippen LogP contribution in [0.5, 0.6) is 0 Å². The summed E-state index contributed by atoms with van der Waals surface area (Å²) in [7, 11) is -4.10. The molecule has 1 N–H and O–H groups in total. The SMILES string of the molecule is Cc1ccc(S(=O)(=O)N(CC(=O)N/N=C\c2cc(C)n(-c3ccccc3F)c2C)c2cccc(Cl)c2C)cc1. The number of benzene rings is 3. The van der Waals surface area contributed by atoms with Gasteiger partial charge in [0.1, 0.15) is 12.4 Å². The minimum Gasteiger partial charge on any atom is -0.315 e. The molecular weight excluding hydrogens is 539 g/mol. The van der Waals surface area contributed by atoms with Gasteiger partial charge in [0.15, 0.2) is 0 Å². The highest BCUT2D eigenvalue weighted by Gasteiger charge is 2.28. The zero-order chi connectivity index (χ0) is 28.3. The van der Waals surface area contributed by atoms with Crippen LogP contribution in [-0.2, 0) is 14.8 Å². The molecule has 7 nitrogen and oxygen atoms in total. The van der Waals surface area contributed by atoms with Crippen LogP contribution in [0.4, 0.5) is 10.1 Å². The van der Waals surface area contributed by atoms with E-state index in [1.165, 1.54) is 24.4 Å². The first-order chi connectivity index (χ1) is 18.5. The lowest BCUT2D eigenvalue weighted by Gasteiger charge is -2.25. The maximum atomic E-state index is 14.4. The number of hydrogen-bond acceptors (Lipinski definition) is 4. The summed E-state index contributed by atoms with van der Waals surface area (Å²) in [6, 6.07) is 19.5. The number of halogens is 2. The van der Waals surface area contributed by atoms with Crippen LogP contribution in [0.2, 0.25) is 5.02 Å². The molecular formula is C29H28ClFN4O3S. The maximum Gasteiger partial charge on any atom is 0.264 e. The number of hydrazone groups is 1. The van der Waals surface area contributed by atoms with Crippen LogP contribution < -0.4 is 9.73 Å². The van der Waals surface area contributed by atoms with Crippen LogP contribution >= 0.6 is 11.6 Å². The van der Waals surface area contributed by atoms with Crippen LogP contribution in [0.1, 0.15) is 28.1 Å². The molecule has 202 valence electrons. The predicted molar refractivity (Wildman–Crippen MR) is 153 cm³/mol. The van der Waals surface area contributed by atoms with E-state index in [1.807, 2.05) is 26.8 Å². The molecule has 1 amide bonds. The molecule has 1 heterocycles. The number of nitrogens with zero attached hydrogens (tertiary/aromatic N) is 3. The minimum atomic E-state index is -4.10. The standard InChI is InChI=1S/C29H28ClFN4O3S/c1-19-12-14-24(15-13-19)39(37,38)34(27-11-7-8-25(30)21(27)3)18-29(36)33-32-17-23-16-20(2)35(22(23)4)28-10-6-5-9-26(28)31/h5-17H,18H2,1-4H3,(H,33,36)/b32-17-. The first kappa shape index (κ1) is 28.1. The van der Waals surface area contributed by atoms with Crippen LogP contribution in [-0.4, -0.2) is 31.7 Å². The number of anilines is 1. The van der Waals surface area contributed by atoms with E-state index < -0.39 is 22.5 Å². The highest BCUT2D eigenvalue weighted by Crippen LogP contribution is 2.31. The van der Waals surface area contributed by atoms with Crippen molar-refractivity contribution in [2.45, 2.75) is 32.6 Å². The molecule has 39 heavy (non-hydrogen) atoms. The van der Waals surface area contributed by atoms with Crippen molar-refractivity contribution in [2.24, 2.45) is 5.10 Å². The van der Waals surface area contributed by atoms with Crippen LogP contribution in [0, 0.1) is 33.5 Å². The van der Waals surface area contributed by atoms with E-state index in [2.05, 4.69) is 10.5 Å². The lowest BCUT2D eigenvalue weighted by molar-refractivity contribution is -0.119. The van der Waals surface area contributed by atoms with Gasteiger partial charge in [-0.15, -0.1) is 0 Å². The lowest BCUT2D eigenvalue weighted by Crippen LogP contribution is -2.40. The topological polar surface area (TPSA) is 83.8 Å². The van der Waals surface area contributed by atoms with Gasteiger partial charge in [0.2, 0.25) is 0 Å². The zero-order valence-corrected chi connectivity index (χ0v) is 23.5. The molecule has 0 aliphatic heterocycles. The molecule has 0 saturated heterocycles. The predicted octanol–water partition coefficient (Wildman–Crippen LogP) is 5.85. The summed E-state index contributed by atoms with van der Waals surface area (Å²) < 4.78 is 44.4. The number of aryl methyl sites for hydroxylation is 2. The molecule has 0 bridgehead atoms. The summed E-state index contributed by atoms with van der Waals surface area (Å²) in [5.74, 6) is -1.01. The molecule has 10 heteroatoms. The third-order valence-corrected chi connectivity index (χ3v) is 8.54. The van der Waals surface area contributed by atoms with Crippen molar-refractivity contribution in [3.8, 4) is 5.69 Å². The summed E-state index contributed by atoms with van der Waals surface area (Å²) in [4.78, 5) is 13.0. The van der Waals surface area contributed by atoms with Gasteiger partial charge in [-0.25, -0.2) is 18.2 Å². The van der Waals surface area contributed by atoms with Gasteiger partial charge < -0.3 is 4.57 Å². The molecule has 0 aliphatic rings. The maximum absolute atomic E-state index is 14.4. The monoisotopic (exact) mass is 566 g/mol. The fourth-order valence-electron chi connectivity index (χ4n) is 4.27. The Morgan fingerprint density at radius 3 is 2.41 bits per heavy atom. The Bertz CT molecular complexity index is 1660. The quantitative estimate of drug-likeness (QED) is 0.214. The summed E-state index contributed by atoms with van der Waals surface area (Å²) in [6.45, 7) is 6.69. The zero-order valence-electron chi connectivity index (χ0n) is 21.9. The number of carbonyl (C=O) groups excluding carboxylic acids is 1. The molecule has 0 unspecified atom stereocenters. The molecule has 4 aromatic rings. The highest BCUT2D eigenvalue weighted by molar-refractivity contribution is 7.92. The average Bonchev–Trinajstić information content (AvgIpc) is 3.17. The van der Waals surface area contributed by atoms with E-state index in [0.29, 0.717) is 21.8 Å². The first-order valence-electron chi connectivity index (χ1n) is 12.1. The molecule has 0 saturated carbocycles. The van der Waals surface area contributed by atoms with E-state index in [9.17, 15) is 17.6 Å². The number of sulfonamides is 1. The number of amides is 1. The van der Waals surface area contributed by atoms with Gasteiger partial charge in [0.05, 0.1) is 22.5 Å². The van der Waals surface area contributed by atoms with Crippen molar-refractivity contribution in [1.29, 1.82) is 0 Å². The molecule has 0 atom stereocenters. The Morgan fingerprint density at radius 1 is 1.03 bits per heavy atom. The van der Waals surface area contributed by atoms with Gasteiger partial charge in [0, 0.05) is 22.0 Å². The van der Waals surface area contributed by atoms with Crippen molar-refractivity contribution in [3.05, 3.63) is 112 Å². The highest BCUT2D eigenvalue weighted by atomic mass is 35.5. The van der Waals surface area contributed by atoms with Crippen molar-refractivity contribution >= 4 is 39.4 Å². The molecule has 1 aromatic heterocycles. The van der Waals surface area contributed by atoms with E-state index in [1.54, 1.807) is 60.0 Å².